The second-order valence-corrected chi connectivity index (χ2v) is 26.8. The van der Waals surface area contributed by atoms with E-state index in [2.05, 4.69) is 89.3 Å². The monoisotopic (exact) mass is 1040 g/mol. The lowest BCUT2D eigenvalue weighted by molar-refractivity contribution is -0.193. The molecule has 0 spiro atoms. The molecule has 12 heteroatoms. The standard InChI is InChI=1S/C63H94O12/c1-18-47-25-36(5)24-43(12)59(47,16)75-56(69)63(35(3)4)54-58(15,60(54,63)17)48(52(66)73-49-22-23-71-53(49)67)29-39(8)38(7)28-46(51(65)74-61(19-2)31-37(6)30-57(14,70)34-61)21-20-42(11)62(32-44(62)13)55(68)72-33-45-26-40(9)50(64)41(10)27-45/h26-27,35,38-39,42-44,46-49,54,64,70H,5-6,18-25,28-34H2,1-4,7-17H3. The number of rotatable bonds is 22. The fourth-order valence-corrected chi connectivity index (χ4v) is 16.4. The lowest BCUT2D eigenvalue weighted by Crippen LogP contribution is -2.53. The van der Waals surface area contributed by atoms with Crippen LogP contribution in [0.3, 0.4) is 0 Å². The molecule has 1 saturated heterocycles. The van der Waals surface area contributed by atoms with Crippen LogP contribution in [-0.4, -0.2) is 69.6 Å². The van der Waals surface area contributed by atoms with Gasteiger partial charge in [-0.25, -0.2) is 4.79 Å². The minimum atomic E-state index is -1.08. The highest BCUT2D eigenvalue weighted by atomic mass is 16.6. The van der Waals surface area contributed by atoms with Crippen molar-refractivity contribution in [1.82, 2.24) is 0 Å². The number of ether oxygens (including phenoxy) is 5. The van der Waals surface area contributed by atoms with E-state index in [0.29, 0.717) is 57.8 Å². The minimum absolute atomic E-state index is 0.0681. The van der Waals surface area contributed by atoms with Gasteiger partial charge in [0.05, 0.1) is 34.9 Å². The van der Waals surface area contributed by atoms with Gasteiger partial charge in [0.1, 0.15) is 23.6 Å². The van der Waals surface area contributed by atoms with Gasteiger partial charge >= 0.3 is 29.8 Å². The molecule has 1 aliphatic heterocycles. The molecule has 0 amide bonds. The molecule has 75 heavy (non-hydrogen) atoms. The van der Waals surface area contributed by atoms with Gasteiger partial charge in [-0.15, -0.1) is 0 Å². The van der Waals surface area contributed by atoms with Gasteiger partial charge in [-0.3, -0.25) is 19.2 Å². The van der Waals surface area contributed by atoms with Crippen LogP contribution in [0.4, 0.5) is 0 Å². The summed E-state index contributed by atoms with van der Waals surface area (Å²) in [6.45, 7) is 39.4. The zero-order valence-corrected chi connectivity index (χ0v) is 48.5. The quantitative estimate of drug-likeness (QED) is 0.0640. The number of phenolic OH excluding ortho intramolecular Hbond substituents is 1. The van der Waals surface area contributed by atoms with Crippen molar-refractivity contribution in [2.75, 3.05) is 6.61 Å². The Hall–Kier alpha value is -4.19. The van der Waals surface area contributed by atoms with E-state index in [9.17, 15) is 34.2 Å². The molecule has 2 N–H and O–H groups in total. The molecule has 7 rings (SSSR count). The van der Waals surface area contributed by atoms with Crippen LogP contribution in [0.5, 0.6) is 5.75 Å². The highest BCUT2D eigenvalue weighted by molar-refractivity contribution is 5.91. The zero-order chi connectivity index (χ0) is 55.8. The molecule has 17 atom stereocenters. The number of phenols is 1. The predicted molar refractivity (Wildman–Crippen MR) is 288 cm³/mol. The summed E-state index contributed by atoms with van der Waals surface area (Å²) in [5, 5.41) is 21.7. The van der Waals surface area contributed by atoms with E-state index in [-0.39, 0.29) is 90.6 Å². The number of carbonyl (C=O) groups excluding carboxylic acids is 5. The summed E-state index contributed by atoms with van der Waals surface area (Å²) >= 11 is 0. The molecule has 0 radical (unpaired) electrons. The third kappa shape index (κ3) is 10.2. The van der Waals surface area contributed by atoms with Crippen LogP contribution in [0.15, 0.2) is 36.4 Å². The highest BCUT2D eigenvalue weighted by Gasteiger charge is 3.03. The summed E-state index contributed by atoms with van der Waals surface area (Å²) in [5.74, 6) is -3.07. The van der Waals surface area contributed by atoms with Gasteiger partial charge in [0, 0.05) is 25.2 Å². The molecule has 17 unspecified atom stereocenters. The van der Waals surface area contributed by atoms with Crippen molar-refractivity contribution in [2.45, 2.75) is 217 Å². The molecule has 1 heterocycles. The lowest BCUT2D eigenvalue weighted by atomic mass is 9.61. The Balaban J connectivity index is 1.12. The van der Waals surface area contributed by atoms with Gasteiger partial charge in [-0.2, -0.15) is 0 Å². The van der Waals surface area contributed by atoms with Crippen LogP contribution < -0.4 is 0 Å². The topological polar surface area (TPSA) is 172 Å². The summed E-state index contributed by atoms with van der Waals surface area (Å²) in [7, 11) is 0. The molecule has 5 saturated carbocycles. The van der Waals surface area contributed by atoms with Gasteiger partial charge in [-0.05, 0) is 173 Å². The number of hydrogen-bond acceptors (Lipinski definition) is 12. The number of hydrogen-bond donors (Lipinski definition) is 2. The number of benzene rings is 1. The molecule has 6 aliphatic rings. The van der Waals surface area contributed by atoms with Crippen LogP contribution in [0, 0.1) is 94.7 Å². The van der Waals surface area contributed by atoms with Gasteiger partial charge in [0.2, 0.25) is 6.10 Å². The Morgan fingerprint density at radius 1 is 0.840 bits per heavy atom. The summed E-state index contributed by atoms with van der Waals surface area (Å²) in [6, 6.07) is 3.67. The summed E-state index contributed by atoms with van der Waals surface area (Å²) in [5.41, 5.74) is -1.13. The normalized spacial score (nSPS) is 37.8. The first-order valence-electron chi connectivity index (χ1n) is 28.7. The summed E-state index contributed by atoms with van der Waals surface area (Å²) in [4.78, 5) is 71.5. The molecular weight excluding hydrogens is 949 g/mol. The number of aliphatic hydroxyl groups is 1. The molecule has 12 nitrogen and oxygen atoms in total. The second kappa shape index (κ2) is 20.9. The van der Waals surface area contributed by atoms with Crippen molar-refractivity contribution in [3.8, 4) is 5.75 Å². The molecule has 1 aromatic rings. The van der Waals surface area contributed by atoms with E-state index in [4.69, 9.17) is 23.7 Å². The van der Waals surface area contributed by atoms with E-state index in [1.54, 1.807) is 6.92 Å². The maximum absolute atomic E-state index is 15.0. The SMILES string of the molecule is C=C1CC(C)C(C)(OC(=O)C2(C(C)C)C3C(C)(C(CC(C)C(C)CC(CCC(C)C4(C(=O)OCc5cc(C)c(O)c(C)c5)CC4C)C(=O)OC4(CC)CC(=C)CC(C)(O)C4)C(=O)OC4CCOC4=O)C32C)C(CC)C1. The van der Waals surface area contributed by atoms with Crippen LogP contribution in [0.2, 0.25) is 0 Å². The fourth-order valence-electron chi connectivity index (χ4n) is 16.4. The van der Waals surface area contributed by atoms with E-state index in [1.807, 2.05) is 32.9 Å². The van der Waals surface area contributed by atoms with Crippen LogP contribution in [0.25, 0.3) is 0 Å². The maximum Gasteiger partial charge on any atom is 0.347 e. The number of carbonyl (C=O) groups is 5. The largest absolute Gasteiger partial charge is 0.507 e. The molecule has 418 valence electrons. The van der Waals surface area contributed by atoms with E-state index >= 15 is 0 Å². The summed E-state index contributed by atoms with van der Waals surface area (Å²) in [6.07, 6.45) is 5.98. The molecule has 6 fully saturated rings. The first kappa shape index (κ1) is 58.5. The second-order valence-electron chi connectivity index (χ2n) is 26.8. The predicted octanol–water partition coefficient (Wildman–Crippen LogP) is 12.4. The Morgan fingerprint density at radius 3 is 1.99 bits per heavy atom. The number of allylic oxidation sites excluding steroid dienone is 1. The molecule has 0 bridgehead atoms. The van der Waals surface area contributed by atoms with Crippen molar-refractivity contribution in [3.63, 3.8) is 0 Å². The highest BCUT2D eigenvalue weighted by Crippen LogP contribution is 3.01. The van der Waals surface area contributed by atoms with Crippen molar-refractivity contribution >= 4 is 29.8 Å². The Morgan fingerprint density at radius 2 is 1.45 bits per heavy atom. The first-order valence-corrected chi connectivity index (χ1v) is 28.7. The number of esters is 5. The van der Waals surface area contributed by atoms with Gasteiger partial charge in [0.25, 0.3) is 0 Å². The van der Waals surface area contributed by atoms with E-state index in [1.165, 1.54) is 5.57 Å². The average molecular weight is 1040 g/mol. The maximum atomic E-state index is 15.0. The van der Waals surface area contributed by atoms with Crippen LogP contribution in [-0.2, 0) is 54.3 Å². The number of aryl methyl sites for hydroxylation is 2. The summed E-state index contributed by atoms with van der Waals surface area (Å²) < 4.78 is 30.7. The Bertz CT molecular complexity index is 2400. The third-order valence-electron chi connectivity index (χ3n) is 21.5. The third-order valence-corrected chi connectivity index (χ3v) is 21.5. The smallest absolute Gasteiger partial charge is 0.347 e. The van der Waals surface area contributed by atoms with Gasteiger partial charge < -0.3 is 33.9 Å². The van der Waals surface area contributed by atoms with E-state index < -0.39 is 68.3 Å². The minimum Gasteiger partial charge on any atom is -0.507 e. The van der Waals surface area contributed by atoms with Crippen LogP contribution >= 0.6 is 0 Å². The average Bonchev–Trinajstić information content (AvgIpc) is 4.22. The van der Waals surface area contributed by atoms with Crippen molar-refractivity contribution in [3.05, 3.63) is 53.1 Å². The molecular formula is C63H94O12. The van der Waals surface area contributed by atoms with Crippen molar-refractivity contribution < 1.29 is 57.9 Å². The number of cyclic esters (lactones) is 1. The van der Waals surface area contributed by atoms with Gasteiger partial charge in [-0.1, -0.05) is 100 Å². The number of aromatic hydroxyl groups is 1. The Labute approximate surface area is 449 Å². The Kier molecular flexibility index (Phi) is 16.3. The lowest BCUT2D eigenvalue weighted by Gasteiger charge is -2.49. The molecule has 1 aromatic carbocycles. The molecule has 0 aromatic heterocycles. The fraction of sp³-hybridized carbons (Fsp3) is 0.762. The molecule has 5 aliphatic carbocycles. The first-order chi connectivity index (χ1) is 34.8. The van der Waals surface area contributed by atoms with Crippen molar-refractivity contribution in [1.29, 1.82) is 0 Å². The number of fused-ring (bicyclic) bond motifs is 1. The zero-order valence-electron chi connectivity index (χ0n) is 48.5. The van der Waals surface area contributed by atoms with Crippen LogP contribution in [0.1, 0.15) is 190 Å². The van der Waals surface area contributed by atoms with E-state index in [0.717, 1.165) is 41.5 Å². The van der Waals surface area contributed by atoms with Gasteiger partial charge in [0.15, 0.2) is 0 Å². The van der Waals surface area contributed by atoms with Crippen molar-refractivity contribution in [2.24, 2.45) is 80.8 Å².